The van der Waals surface area contributed by atoms with Crippen molar-refractivity contribution in [3.63, 3.8) is 0 Å². The Morgan fingerprint density at radius 2 is 1.81 bits per heavy atom. The number of hydrogen-bond donors (Lipinski definition) is 1. The van der Waals surface area contributed by atoms with Crippen molar-refractivity contribution in [2.24, 2.45) is 5.92 Å². The summed E-state index contributed by atoms with van der Waals surface area (Å²) >= 11 is 0. The molecule has 0 bridgehead atoms. The predicted octanol–water partition coefficient (Wildman–Crippen LogP) is 6.82. The molecular formula is C21H31F3O2. The topological polar surface area (TPSA) is 37.3 Å². The van der Waals surface area contributed by atoms with Crippen LogP contribution < -0.4 is 0 Å². The van der Waals surface area contributed by atoms with Crippen molar-refractivity contribution >= 4 is 5.97 Å². The van der Waals surface area contributed by atoms with E-state index in [0.717, 1.165) is 49.7 Å². The van der Waals surface area contributed by atoms with Gasteiger partial charge in [-0.1, -0.05) is 39.7 Å². The van der Waals surface area contributed by atoms with Gasteiger partial charge in [-0.25, -0.2) is 0 Å². The van der Waals surface area contributed by atoms with Crippen LogP contribution >= 0.6 is 0 Å². The molecule has 0 radical (unpaired) electrons. The van der Waals surface area contributed by atoms with E-state index >= 15 is 0 Å². The average Bonchev–Trinajstić information content (AvgIpc) is 2.57. The fourth-order valence-corrected chi connectivity index (χ4v) is 3.58. The van der Waals surface area contributed by atoms with Crippen LogP contribution in [-0.2, 0) is 17.4 Å². The van der Waals surface area contributed by atoms with Gasteiger partial charge in [-0.2, -0.15) is 13.2 Å². The predicted molar refractivity (Wildman–Crippen MR) is 98.4 cm³/mol. The van der Waals surface area contributed by atoms with E-state index in [1.165, 1.54) is 12.1 Å². The highest BCUT2D eigenvalue weighted by Gasteiger charge is 2.31. The normalized spacial score (nSPS) is 14.2. The maximum Gasteiger partial charge on any atom is 0.416 e. The molecule has 2 unspecified atom stereocenters. The highest BCUT2D eigenvalue weighted by molar-refractivity contribution is 5.66. The van der Waals surface area contributed by atoms with E-state index in [1.807, 2.05) is 13.8 Å². The Morgan fingerprint density at radius 3 is 2.35 bits per heavy atom. The van der Waals surface area contributed by atoms with Crippen LogP contribution in [0.4, 0.5) is 13.2 Å². The molecule has 0 saturated carbocycles. The standard InChI is InChI=1S/C21H31F3O2/c1-4-7-16(8-6-9-20(25)26)11-10-15(3)19-14-18(21(22,23)24)13-12-17(19)5-2/h12-16H,4-11H2,1-3H3,(H,25,26). The second-order valence-electron chi connectivity index (χ2n) is 7.18. The zero-order valence-corrected chi connectivity index (χ0v) is 16.0. The maximum atomic E-state index is 13.0. The van der Waals surface area contributed by atoms with Gasteiger partial charge in [0.1, 0.15) is 0 Å². The van der Waals surface area contributed by atoms with E-state index in [9.17, 15) is 18.0 Å². The van der Waals surface area contributed by atoms with Gasteiger partial charge < -0.3 is 5.11 Å². The summed E-state index contributed by atoms with van der Waals surface area (Å²) in [4.78, 5) is 10.7. The largest absolute Gasteiger partial charge is 0.481 e. The third kappa shape index (κ3) is 7.38. The van der Waals surface area contributed by atoms with Gasteiger partial charge in [0, 0.05) is 6.42 Å². The first-order chi connectivity index (χ1) is 12.2. The minimum atomic E-state index is -4.32. The lowest BCUT2D eigenvalue weighted by atomic mass is 9.84. The molecule has 5 heteroatoms. The Hall–Kier alpha value is -1.52. The summed E-state index contributed by atoms with van der Waals surface area (Å²) in [6.45, 7) is 6.06. The molecule has 2 atom stereocenters. The quantitative estimate of drug-likeness (QED) is 0.462. The summed E-state index contributed by atoms with van der Waals surface area (Å²) in [5, 5.41) is 8.78. The molecule has 0 heterocycles. The van der Waals surface area contributed by atoms with Gasteiger partial charge in [-0.15, -0.1) is 0 Å². The number of carboxylic acids is 1. The number of carbonyl (C=O) groups is 1. The van der Waals surface area contributed by atoms with Crippen LogP contribution in [0.2, 0.25) is 0 Å². The summed E-state index contributed by atoms with van der Waals surface area (Å²) in [7, 11) is 0. The summed E-state index contributed by atoms with van der Waals surface area (Å²) in [6.07, 6.45) is 1.94. The molecule has 26 heavy (non-hydrogen) atoms. The number of alkyl halides is 3. The molecule has 0 saturated heterocycles. The number of carboxylic acid groups (broad SMARTS) is 1. The first-order valence-electron chi connectivity index (χ1n) is 9.60. The molecular weight excluding hydrogens is 341 g/mol. The molecule has 0 aliphatic carbocycles. The van der Waals surface area contributed by atoms with Crippen LogP contribution in [0.3, 0.4) is 0 Å². The fourth-order valence-electron chi connectivity index (χ4n) is 3.58. The molecule has 0 spiro atoms. The van der Waals surface area contributed by atoms with Gasteiger partial charge in [0.15, 0.2) is 0 Å². The van der Waals surface area contributed by atoms with Gasteiger partial charge in [0.25, 0.3) is 0 Å². The monoisotopic (exact) mass is 372 g/mol. The van der Waals surface area contributed by atoms with Crippen molar-refractivity contribution in [3.05, 3.63) is 34.9 Å². The summed E-state index contributed by atoms with van der Waals surface area (Å²) < 4.78 is 39.1. The number of hydrogen-bond acceptors (Lipinski definition) is 1. The van der Waals surface area contributed by atoms with Crippen molar-refractivity contribution in [1.82, 2.24) is 0 Å². The first kappa shape index (κ1) is 22.5. The van der Waals surface area contributed by atoms with Gasteiger partial charge in [0.05, 0.1) is 5.56 Å². The molecule has 2 nitrogen and oxygen atoms in total. The van der Waals surface area contributed by atoms with Crippen LogP contribution in [0.5, 0.6) is 0 Å². The number of halogens is 3. The van der Waals surface area contributed by atoms with Gasteiger partial charge in [0.2, 0.25) is 0 Å². The van der Waals surface area contributed by atoms with Crippen molar-refractivity contribution in [2.75, 3.05) is 0 Å². The molecule has 0 aliphatic heterocycles. The molecule has 148 valence electrons. The number of aliphatic carboxylic acids is 1. The van der Waals surface area contributed by atoms with Gasteiger partial charge in [-0.05, 0) is 67.2 Å². The van der Waals surface area contributed by atoms with Crippen molar-refractivity contribution < 1.29 is 23.1 Å². The summed E-state index contributed by atoms with van der Waals surface area (Å²) in [5.74, 6) is -0.270. The van der Waals surface area contributed by atoms with Crippen molar-refractivity contribution in [2.45, 2.75) is 84.2 Å². The number of aryl methyl sites for hydroxylation is 1. The van der Waals surface area contributed by atoms with Gasteiger partial charge >= 0.3 is 12.1 Å². The lowest BCUT2D eigenvalue weighted by Gasteiger charge is -2.21. The van der Waals surface area contributed by atoms with Crippen LogP contribution in [-0.4, -0.2) is 11.1 Å². The van der Waals surface area contributed by atoms with E-state index in [-0.39, 0.29) is 12.3 Å². The maximum absolute atomic E-state index is 13.0. The molecule has 0 amide bonds. The molecule has 1 aromatic carbocycles. The van der Waals surface area contributed by atoms with E-state index in [1.54, 1.807) is 6.07 Å². The summed E-state index contributed by atoms with van der Waals surface area (Å²) in [6, 6.07) is 4.08. The van der Waals surface area contributed by atoms with E-state index in [4.69, 9.17) is 5.11 Å². The van der Waals surface area contributed by atoms with Crippen LogP contribution in [0.15, 0.2) is 18.2 Å². The minimum Gasteiger partial charge on any atom is -0.481 e. The van der Waals surface area contributed by atoms with Crippen LogP contribution in [0.1, 0.15) is 88.3 Å². The highest BCUT2D eigenvalue weighted by Crippen LogP contribution is 2.35. The molecule has 1 aromatic rings. The molecule has 1 rings (SSSR count). The van der Waals surface area contributed by atoms with Crippen LogP contribution in [0.25, 0.3) is 0 Å². The molecule has 1 N–H and O–H groups in total. The highest BCUT2D eigenvalue weighted by atomic mass is 19.4. The minimum absolute atomic E-state index is 0.0612. The number of rotatable bonds is 11. The molecule has 0 aromatic heterocycles. The van der Waals surface area contributed by atoms with E-state index in [2.05, 4.69) is 6.92 Å². The van der Waals surface area contributed by atoms with Crippen LogP contribution in [0, 0.1) is 5.92 Å². The lowest BCUT2D eigenvalue weighted by Crippen LogP contribution is -2.09. The summed E-state index contributed by atoms with van der Waals surface area (Å²) in [5.41, 5.74) is 1.19. The van der Waals surface area contributed by atoms with Crippen molar-refractivity contribution in [3.8, 4) is 0 Å². The zero-order valence-electron chi connectivity index (χ0n) is 16.0. The SMILES string of the molecule is CCCC(CCCC(=O)O)CCC(C)c1cc(C(F)(F)F)ccc1CC. The zero-order chi connectivity index (χ0) is 19.7. The second kappa shape index (κ2) is 10.6. The Balaban J connectivity index is 2.77. The smallest absolute Gasteiger partial charge is 0.416 e. The van der Waals surface area contributed by atoms with Gasteiger partial charge in [-0.3, -0.25) is 4.79 Å². The Labute approximate surface area is 154 Å². The first-order valence-corrected chi connectivity index (χ1v) is 9.60. The third-order valence-corrected chi connectivity index (χ3v) is 5.09. The molecule has 0 aliphatic rings. The molecule has 0 fully saturated rings. The average molecular weight is 372 g/mol. The second-order valence-corrected chi connectivity index (χ2v) is 7.18. The Bertz CT molecular complexity index is 567. The lowest BCUT2D eigenvalue weighted by molar-refractivity contribution is -0.138. The van der Waals surface area contributed by atoms with Crippen molar-refractivity contribution in [1.29, 1.82) is 0 Å². The van der Waals surface area contributed by atoms with E-state index < -0.39 is 17.7 Å². The Kier molecular flexibility index (Phi) is 9.17. The Morgan fingerprint density at radius 1 is 1.12 bits per heavy atom. The van der Waals surface area contributed by atoms with E-state index in [0.29, 0.717) is 12.3 Å². The number of benzene rings is 1. The fraction of sp³-hybridized carbons (Fsp3) is 0.667. The third-order valence-electron chi connectivity index (χ3n) is 5.09.